The van der Waals surface area contributed by atoms with E-state index < -0.39 is 29.6 Å². The lowest BCUT2D eigenvalue weighted by Gasteiger charge is -2.35. The van der Waals surface area contributed by atoms with Crippen LogP contribution in [-0.2, 0) is 0 Å². The van der Waals surface area contributed by atoms with E-state index >= 15 is 0 Å². The van der Waals surface area contributed by atoms with Gasteiger partial charge in [-0.15, -0.1) is 0 Å². The Morgan fingerprint density at radius 2 is 2.20 bits per heavy atom. The number of likely N-dealkylation sites (tertiary alicyclic amines) is 1. The van der Waals surface area contributed by atoms with Crippen molar-refractivity contribution in [2.75, 3.05) is 5.73 Å². The molecule has 2 rings (SSSR count). The molecule has 110 valence electrons. The summed E-state index contributed by atoms with van der Waals surface area (Å²) in [4.78, 5) is 12.6. The van der Waals surface area contributed by atoms with Crippen LogP contribution in [0.15, 0.2) is 18.2 Å². The number of nitrogen functional groups attached to an aromatic ring is 1. The monoisotopic (exact) mass is 282 g/mol. The molecule has 1 fully saturated rings. The van der Waals surface area contributed by atoms with E-state index in [-0.39, 0.29) is 11.3 Å². The quantitative estimate of drug-likeness (QED) is 0.727. The molecule has 1 heterocycles. The fraction of sp³-hybridized carbons (Fsp3) is 0.500. The Morgan fingerprint density at radius 1 is 1.55 bits per heavy atom. The fourth-order valence-electron chi connectivity index (χ4n) is 2.90. The zero-order valence-electron chi connectivity index (χ0n) is 11.5. The van der Waals surface area contributed by atoms with Gasteiger partial charge in [-0.25, -0.2) is 9.18 Å². The minimum atomic E-state index is -1.23. The van der Waals surface area contributed by atoms with Crippen molar-refractivity contribution in [3.8, 4) is 0 Å². The van der Waals surface area contributed by atoms with E-state index in [1.54, 1.807) is 19.9 Å². The van der Waals surface area contributed by atoms with Gasteiger partial charge < -0.3 is 15.9 Å². The highest BCUT2D eigenvalue weighted by Gasteiger charge is 2.46. The molecule has 1 saturated heterocycles. The van der Waals surface area contributed by atoms with Crippen LogP contribution in [0.4, 0.5) is 14.9 Å². The molecule has 4 N–H and O–H groups in total. The first-order valence-corrected chi connectivity index (χ1v) is 6.50. The van der Waals surface area contributed by atoms with Crippen LogP contribution in [0.3, 0.4) is 0 Å². The number of anilines is 1. The predicted octanol–water partition coefficient (Wildman–Crippen LogP) is 2.36. The van der Waals surface area contributed by atoms with Crippen LogP contribution >= 0.6 is 0 Å². The molecule has 0 bridgehead atoms. The molecule has 0 saturated carbocycles. The van der Waals surface area contributed by atoms with Gasteiger partial charge in [0.1, 0.15) is 6.10 Å². The summed E-state index contributed by atoms with van der Waals surface area (Å²) in [6, 6.07) is 3.71. The summed E-state index contributed by atoms with van der Waals surface area (Å²) in [7, 11) is 0. The molecule has 20 heavy (non-hydrogen) atoms. The number of benzene rings is 1. The second kappa shape index (κ2) is 4.94. The summed E-state index contributed by atoms with van der Waals surface area (Å²) in [5.74, 6) is -0.685. The number of amides is 1. The zero-order chi connectivity index (χ0) is 15.1. The molecular weight excluding hydrogens is 263 g/mol. The molecule has 6 heteroatoms. The number of aliphatic hydroxyl groups is 1. The number of nitrogens with two attached hydrogens (primary N) is 1. The first-order valence-electron chi connectivity index (χ1n) is 6.50. The summed E-state index contributed by atoms with van der Waals surface area (Å²) in [6.45, 7) is 3.59. The molecule has 0 spiro atoms. The Hall–Kier alpha value is -1.82. The molecule has 5 nitrogen and oxygen atoms in total. The molecular formula is C14H19FN2O3. The van der Waals surface area contributed by atoms with Crippen LogP contribution in [0, 0.1) is 5.82 Å². The Bertz CT molecular complexity index is 533. The molecule has 1 amide bonds. The van der Waals surface area contributed by atoms with E-state index in [1.165, 1.54) is 17.0 Å². The topological polar surface area (TPSA) is 86.8 Å². The maximum absolute atomic E-state index is 14.0. The molecule has 2 atom stereocenters. The molecule has 1 aliphatic heterocycles. The van der Waals surface area contributed by atoms with Gasteiger partial charge in [0.2, 0.25) is 0 Å². The van der Waals surface area contributed by atoms with Gasteiger partial charge >= 0.3 is 6.09 Å². The smallest absolute Gasteiger partial charge is 0.408 e. The first-order chi connectivity index (χ1) is 9.25. The maximum Gasteiger partial charge on any atom is 0.408 e. The molecule has 0 radical (unpaired) electrons. The third-order valence-corrected chi connectivity index (χ3v) is 3.98. The van der Waals surface area contributed by atoms with E-state index in [4.69, 9.17) is 5.73 Å². The van der Waals surface area contributed by atoms with Crippen LogP contribution < -0.4 is 5.73 Å². The third kappa shape index (κ3) is 2.31. The number of hydrogen-bond acceptors (Lipinski definition) is 3. The van der Waals surface area contributed by atoms with Crippen molar-refractivity contribution in [3.05, 3.63) is 29.6 Å². The number of halogens is 1. The minimum Gasteiger partial charge on any atom is -0.465 e. The molecule has 0 unspecified atom stereocenters. The van der Waals surface area contributed by atoms with Crippen molar-refractivity contribution in [1.29, 1.82) is 0 Å². The first kappa shape index (κ1) is 14.6. The molecule has 1 aromatic carbocycles. The van der Waals surface area contributed by atoms with Crippen LogP contribution in [0.1, 0.15) is 38.4 Å². The second-order valence-electron chi connectivity index (χ2n) is 5.77. The van der Waals surface area contributed by atoms with Crippen molar-refractivity contribution in [2.24, 2.45) is 0 Å². The van der Waals surface area contributed by atoms with E-state index in [0.29, 0.717) is 12.8 Å². The van der Waals surface area contributed by atoms with Gasteiger partial charge in [0.15, 0.2) is 5.82 Å². The number of hydrogen-bond donors (Lipinski definition) is 3. The number of rotatable bonds is 2. The standard InChI is InChI=1S/C14H19FN2O3/c1-14(2)7-6-10(17(14)13(19)20)12(18)8-4-3-5-9(16)11(8)15/h3-5,10,12,18H,6-7,16H2,1-2H3,(H,19,20)/t10-,12-/m1/s1. The Balaban J connectivity index is 2.36. The van der Waals surface area contributed by atoms with E-state index in [2.05, 4.69) is 0 Å². The number of carbonyl (C=O) groups is 1. The predicted molar refractivity (Wildman–Crippen MR) is 72.7 cm³/mol. The Kier molecular flexibility index (Phi) is 3.60. The lowest BCUT2D eigenvalue weighted by molar-refractivity contribution is 0.0347. The van der Waals surface area contributed by atoms with E-state index in [0.717, 1.165) is 0 Å². The van der Waals surface area contributed by atoms with Crippen molar-refractivity contribution >= 4 is 11.8 Å². The average Bonchev–Trinajstić information content (AvgIpc) is 2.67. The van der Waals surface area contributed by atoms with Crippen molar-refractivity contribution in [3.63, 3.8) is 0 Å². The van der Waals surface area contributed by atoms with Crippen LogP contribution in [0.25, 0.3) is 0 Å². The van der Waals surface area contributed by atoms with Gasteiger partial charge in [0.25, 0.3) is 0 Å². The van der Waals surface area contributed by atoms with Crippen molar-refractivity contribution in [2.45, 2.75) is 44.4 Å². The van der Waals surface area contributed by atoms with Crippen LogP contribution in [0.2, 0.25) is 0 Å². The van der Waals surface area contributed by atoms with Gasteiger partial charge in [0, 0.05) is 11.1 Å². The molecule has 1 aromatic rings. The largest absolute Gasteiger partial charge is 0.465 e. The SMILES string of the molecule is CC1(C)CC[C@H]([C@H](O)c2cccc(N)c2F)N1C(=O)O. The highest BCUT2D eigenvalue weighted by molar-refractivity contribution is 5.67. The van der Waals surface area contributed by atoms with Crippen molar-refractivity contribution in [1.82, 2.24) is 4.90 Å². The summed E-state index contributed by atoms with van der Waals surface area (Å²) in [5, 5.41) is 19.7. The summed E-state index contributed by atoms with van der Waals surface area (Å²) in [5.41, 5.74) is 4.90. The summed E-state index contributed by atoms with van der Waals surface area (Å²) in [6.07, 6.45) is -1.24. The van der Waals surface area contributed by atoms with E-state index in [1.807, 2.05) is 0 Å². The summed E-state index contributed by atoms with van der Waals surface area (Å²) >= 11 is 0. The van der Waals surface area contributed by atoms with Gasteiger partial charge in [0.05, 0.1) is 11.7 Å². The highest BCUT2D eigenvalue weighted by atomic mass is 19.1. The summed E-state index contributed by atoms with van der Waals surface area (Å²) < 4.78 is 14.0. The van der Waals surface area contributed by atoms with Crippen LogP contribution in [-0.4, -0.2) is 32.8 Å². The van der Waals surface area contributed by atoms with Gasteiger partial charge in [-0.1, -0.05) is 12.1 Å². The molecule has 0 aliphatic carbocycles. The van der Waals surface area contributed by atoms with Crippen molar-refractivity contribution < 1.29 is 19.4 Å². The number of carboxylic acid groups (broad SMARTS) is 1. The van der Waals surface area contributed by atoms with Gasteiger partial charge in [-0.2, -0.15) is 0 Å². The maximum atomic E-state index is 14.0. The zero-order valence-corrected chi connectivity index (χ0v) is 11.5. The Labute approximate surface area is 116 Å². The van der Waals surface area contributed by atoms with Crippen LogP contribution in [0.5, 0.6) is 0 Å². The second-order valence-corrected chi connectivity index (χ2v) is 5.77. The molecule has 1 aliphatic rings. The lowest BCUT2D eigenvalue weighted by atomic mass is 9.99. The van der Waals surface area contributed by atoms with E-state index in [9.17, 15) is 19.4 Å². The fourth-order valence-corrected chi connectivity index (χ4v) is 2.90. The third-order valence-electron chi connectivity index (χ3n) is 3.98. The average molecular weight is 282 g/mol. The lowest BCUT2D eigenvalue weighted by Crippen LogP contribution is -2.48. The van der Waals surface area contributed by atoms with Gasteiger partial charge in [-0.05, 0) is 32.8 Å². The number of aliphatic hydroxyl groups excluding tert-OH is 1. The number of nitrogens with zero attached hydrogens (tertiary/aromatic N) is 1. The Morgan fingerprint density at radius 3 is 2.80 bits per heavy atom. The van der Waals surface area contributed by atoms with Gasteiger partial charge in [-0.3, -0.25) is 4.90 Å². The normalized spacial score (nSPS) is 22.8. The molecule has 0 aromatic heterocycles. The minimum absolute atomic E-state index is 0.0407. The highest BCUT2D eigenvalue weighted by Crippen LogP contribution is 2.40.